The van der Waals surface area contributed by atoms with Crippen LogP contribution in [-0.2, 0) is 13.1 Å². The summed E-state index contributed by atoms with van der Waals surface area (Å²) >= 11 is 0. The summed E-state index contributed by atoms with van der Waals surface area (Å²) in [5.74, 6) is 1.02. The van der Waals surface area contributed by atoms with E-state index in [1.165, 1.54) is 11.1 Å². The molecule has 1 saturated heterocycles. The van der Waals surface area contributed by atoms with Gasteiger partial charge in [0.05, 0.1) is 0 Å². The van der Waals surface area contributed by atoms with E-state index in [1.807, 2.05) is 0 Å². The fourth-order valence-corrected chi connectivity index (χ4v) is 2.81. The number of benzene rings is 1. The summed E-state index contributed by atoms with van der Waals surface area (Å²) in [6.45, 7) is 9.57. The summed E-state index contributed by atoms with van der Waals surface area (Å²) in [4.78, 5) is 2.40. The minimum absolute atomic E-state index is 0.0102. The van der Waals surface area contributed by atoms with Crippen LogP contribution in [0.25, 0.3) is 0 Å². The molecule has 0 aromatic heterocycles. The second-order valence-electron chi connectivity index (χ2n) is 5.39. The van der Waals surface area contributed by atoms with Crippen molar-refractivity contribution >= 4 is 0 Å². The van der Waals surface area contributed by atoms with Crippen LogP contribution in [0.5, 0.6) is 5.75 Å². The summed E-state index contributed by atoms with van der Waals surface area (Å²) in [6, 6.07) is 6.48. The molecule has 0 amide bonds. The van der Waals surface area contributed by atoms with Crippen molar-refractivity contribution in [2.75, 3.05) is 19.6 Å². The smallest absolute Gasteiger partial charge is 0.131 e. The zero-order valence-corrected chi connectivity index (χ0v) is 10.6. The van der Waals surface area contributed by atoms with Crippen LogP contribution in [-0.4, -0.2) is 30.1 Å². The monoisotopic (exact) mass is 232 g/mol. The van der Waals surface area contributed by atoms with Crippen LogP contribution in [0, 0.1) is 0 Å². The predicted molar refractivity (Wildman–Crippen MR) is 68.1 cm³/mol. The first-order chi connectivity index (χ1) is 8.18. The first-order valence-corrected chi connectivity index (χ1v) is 6.42. The summed E-state index contributed by atoms with van der Waals surface area (Å²) in [7, 11) is 0. The van der Waals surface area contributed by atoms with Crippen molar-refractivity contribution in [2.45, 2.75) is 32.5 Å². The van der Waals surface area contributed by atoms with Crippen molar-refractivity contribution in [3.05, 3.63) is 29.3 Å². The number of hydrogen-bond acceptors (Lipinski definition) is 3. The van der Waals surface area contributed by atoms with Crippen LogP contribution in [0.1, 0.15) is 25.0 Å². The van der Waals surface area contributed by atoms with Gasteiger partial charge in [0, 0.05) is 26.2 Å². The molecule has 2 aliphatic rings. The molecule has 1 aromatic rings. The summed E-state index contributed by atoms with van der Waals surface area (Å²) in [6.07, 6.45) is 0. The number of nitrogens with one attached hydrogen (secondary N) is 1. The third-order valence-corrected chi connectivity index (χ3v) is 3.74. The Morgan fingerprint density at radius 3 is 2.82 bits per heavy atom. The van der Waals surface area contributed by atoms with Gasteiger partial charge in [-0.25, -0.2) is 0 Å². The van der Waals surface area contributed by atoms with Gasteiger partial charge >= 0.3 is 0 Å². The van der Waals surface area contributed by atoms with Crippen molar-refractivity contribution < 1.29 is 4.74 Å². The number of nitrogens with zero attached hydrogens (tertiary/aromatic N) is 1. The lowest BCUT2D eigenvalue weighted by Crippen LogP contribution is -2.62. The zero-order chi connectivity index (χ0) is 11.9. The van der Waals surface area contributed by atoms with Gasteiger partial charge in [-0.3, -0.25) is 4.90 Å². The van der Waals surface area contributed by atoms with E-state index in [2.05, 4.69) is 42.3 Å². The Kier molecular flexibility index (Phi) is 2.60. The van der Waals surface area contributed by atoms with Crippen LogP contribution in [0.15, 0.2) is 18.2 Å². The van der Waals surface area contributed by atoms with Gasteiger partial charge in [-0.15, -0.1) is 0 Å². The van der Waals surface area contributed by atoms with Crippen LogP contribution in [0.3, 0.4) is 0 Å². The van der Waals surface area contributed by atoms with Gasteiger partial charge in [-0.1, -0.05) is 13.0 Å². The SMILES string of the molecule is CCN1CC(C)(Oc2ccc3c(c2)CNC3)C1. The first-order valence-electron chi connectivity index (χ1n) is 6.42. The van der Waals surface area contributed by atoms with Crippen LogP contribution >= 0.6 is 0 Å². The first kappa shape index (κ1) is 11.1. The number of likely N-dealkylation sites (N-methyl/N-ethyl adjacent to an activating group) is 1. The molecule has 0 bridgehead atoms. The standard InChI is InChI=1S/C14H20N2O/c1-3-16-9-14(2,10-16)17-13-5-4-11-7-15-8-12(11)6-13/h4-6,15H,3,7-10H2,1-2H3. The second kappa shape index (κ2) is 4.00. The highest BCUT2D eigenvalue weighted by molar-refractivity contribution is 5.38. The molecule has 3 rings (SSSR count). The van der Waals surface area contributed by atoms with Crippen molar-refractivity contribution in [3.8, 4) is 5.75 Å². The molecule has 1 N–H and O–H groups in total. The molecule has 2 aliphatic heterocycles. The van der Waals surface area contributed by atoms with Gasteiger partial charge in [-0.2, -0.15) is 0 Å². The molecule has 92 valence electrons. The fraction of sp³-hybridized carbons (Fsp3) is 0.571. The Balaban J connectivity index is 1.70. The van der Waals surface area contributed by atoms with E-state index < -0.39 is 0 Å². The van der Waals surface area contributed by atoms with Gasteiger partial charge < -0.3 is 10.1 Å². The summed E-state index contributed by atoms with van der Waals surface area (Å²) < 4.78 is 6.13. The van der Waals surface area contributed by atoms with Crippen LogP contribution in [0.4, 0.5) is 0 Å². The van der Waals surface area contributed by atoms with Crippen LogP contribution < -0.4 is 10.1 Å². The zero-order valence-electron chi connectivity index (χ0n) is 10.6. The van der Waals surface area contributed by atoms with E-state index in [4.69, 9.17) is 4.74 Å². The van der Waals surface area contributed by atoms with Crippen molar-refractivity contribution in [1.29, 1.82) is 0 Å². The molecule has 0 spiro atoms. The molecule has 3 nitrogen and oxygen atoms in total. The summed E-state index contributed by atoms with van der Waals surface area (Å²) in [5, 5.41) is 3.36. The average molecular weight is 232 g/mol. The molecule has 2 heterocycles. The lowest BCUT2D eigenvalue weighted by atomic mass is 9.96. The lowest BCUT2D eigenvalue weighted by Gasteiger charge is -2.47. The Labute approximate surface area is 103 Å². The van der Waals surface area contributed by atoms with Crippen molar-refractivity contribution in [2.24, 2.45) is 0 Å². The second-order valence-corrected chi connectivity index (χ2v) is 5.39. The van der Waals surface area contributed by atoms with E-state index in [1.54, 1.807) is 0 Å². The minimum Gasteiger partial charge on any atom is -0.485 e. The maximum atomic E-state index is 6.13. The Morgan fingerprint density at radius 2 is 2.06 bits per heavy atom. The molecule has 3 heteroatoms. The van der Waals surface area contributed by atoms with Gasteiger partial charge in [0.15, 0.2) is 0 Å². The van der Waals surface area contributed by atoms with E-state index in [0.717, 1.165) is 38.5 Å². The summed E-state index contributed by atoms with van der Waals surface area (Å²) in [5.41, 5.74) is 2.81. The normalized spacial score (nSPS) is 22.0. The van der Waals surface area contributed by atoms with Gasteiger partial charge in [0.2, 0.25) is 0 Å². The highest BCUT2D eigenvalue weighted by Gasteiger charge is 2.39. The van der Waals surface area contributed by atoms with E-state index in [0.29, 0.717) is 0 Å². The van der Waals surface area contributed by atoms with E-state index >= 15 is 0 Å². The van der Waals surface area contributed by atoms with Crippen molar-refractivity contribution in [3.63, 3.8) is 0 Å². The predicted octanol–water partition coefficient (Wildman–Crippen LogP) is 1.76. The largest absolute Gasteiger partial charge is 0.485 e. The molecule has 0 radical (unpaired) electrons. The highest BCUT2D eigenvalue weighted by Crippen LogP contribution is 2.29. The topological polar surface area (TPSA) is 24.5 Å². The number of rotatable bonds is 3. The van der Waals surface area contributed by atoms with Gasteiger partial charge in [-0.05, 0) is 36.7 Å². The Morgan fingerprint density at radius 1 is 1.29 bits per heavy atom. The quantitative estimate of drug-likeness (QED) is 0.859. The third kappa shape index (κ3) is 2.05. The van der Waals surface area contributed by atoms with Gasteiger partial charge in [0.1, 0.15) is 11.4 Å². The molecule has 17 heavy (non-hydrogen) atoms. The molecule has 1 fully saturated rings. The number of hydrogen-bond donors (Lipinski definition) is 1. The number of ether oxygens (including phenoxy) is 1. The fourth-order valence-electron chi connectivity index (χ4n) is 2.81. The van der Waals surface area contributed by atoms with E-state index in [-0.39, 0.29) is 5.60 Å². The molecule has 0 atom stereocenters. The molecule has 1 aromatic carbocycles. The number of fused-ring (bicyclic) bond motifs is 1. The average Bonchev–Trinajstić information content (AvgIpc) is 2.72. The Hall–Kier alpha value is -1.06. The van der Waals surface area contributed by atoms with Crippen molar-refractivity contribution in [1.82, 2.24) is 10.2 Å². The lowest BCUT2D eigenvalue weighted by molar-refractivity contribution is -0.0605. The number of likely N-dealkylation sites (tertiary alicyclic amines) is 1. The van der Waals surface area contributed by atoms with Gasteiger partial charge in [0.25, 0.3) is 0 Å². The van der Waals surface area contributed by atoms with E-state index in [9.17, 15) is 0 Å². The third-order valence-electron chi connectivity index (χ3n) is 3.74. The molecule has 0 aliphatic carbocycles. The molecular weight excluding hydrogens is 212 g/mol. The van der Waals surface area contributed by atoms with Crippen LogP contribution in [0.2, 0.25) is 0 Å². The maximum absolute atomic E-state index is 6.13. The maximum Gasteiger partial charge on any atom is 0.131 e. The molecule has 0 unspecified atom stereocenters. The highest BCUT2D eigenvalue weighted by atomic mass is 16.5. The minimum atomic E-state index is 0.0102. The Bertz CT molecular complexity index is 424. The molecular formula is C14H20N2O. The molecule has 0 saturated carbocycles.